The van der Waals surface area contributed by atoms with Crippen molar-refractivity contribution >= 4 is 18.0 Å². The maximum absolute atomic E-state index is 12.7. The van der Waals surface area contributed by atoms with Gasteiger partial charge in [0.05, 0.1) is 31.8 Å². The van der Waals surface area contributed by atoms with Crippen LogP contribution in [0.3, 0.4) is 0 Å². The van der Waals surface area contributed by atoms with E-state index in [-0.39, 0.29) is 35.5 Å². The van der Waals surface area contributed by atoms with Crippen LogP contribution in [0.1, 0.15) is 24.5 Å². The van der Waals surface area contributed by atoms with Crippen molar-refractivity contribution in [3.05, 3.63) is 48.1 Å². The third-order valence-electron chi connectivity index (χ3n) is 5.80. The number of ether oxygens (including phenoxy) is 2. The maximum atomic E-state index is 12.7. The van der Waals surface area contributed by atoms with Gasteiger partial charge in [-0.3, -0.25) is 9.59 Å². The van der Waals surface area contributed by atoms with Crippen LogP contribution < -0.4 is 9.47 Å². The smallest absolute Gasteiger partial charge is 0.254 e. The normalized spacial score (nSPS) is 27.7. The molecule has 0 spiro atoms. The Labute approximate surface area is 164 Å². The molecule has 146 valence electrons. The zero-order valence-corrected chi connectivity index (χ0v) is 16.1. The van der Waals surface area contributed by atoms with Gasteiger partial charge >= 0.3 is 0 Å². The summed E-state index contributed by atoms with van der Waals surface area (Å²) in [4.78, 5) is 25.5. The van der Waals surface area contributed by atoms with Crippen LogP contribution >= 0.6 is 0 Å². The molecule has 1 aromatic carbocycles. The third kappa shape index (κ3) is 2.84. The number of fused-ring (bicyclic) bond motifs is 5. The predicted molar refractivity (Wildman–Crippen MR) is 105 cm³/mol. The lowest BCUT2D eigenvalue weighted by Crippen LogP contribution is -2.28. The number of allylic oxidation sites excluding steroid dienone is 3. The summed E-state index contributed by atoms with van der Waals surface area (Å²) in [6.07, 6.45) is 8.98. The minimum absolute atomic E-state index is 0.177. The van der Waals surface area contributed by atoms with Gasteiger partial charge in [0, 0.05) is 5.56 Å². The molecule has 2 bridgehead atoms. The molecular weight excluding hydrogens is 356 g/mol. The molecule has 6 nitrogen and oxygen atoms in total. The van der Waals surface area contributed by atoms with E-state index in [0.717, 1.165) is 22.6 Å². The average molecular weight is 380 g/mol. The molecule has 0 radical (unpaired) electrons. The van der Waals surface area contributed by atoms with Gasteiger partial charge in [-0.25, -0.2) is 0 Å². The maximum Gasteiger partial charge on any atom is 0.254 e. The minimum atomic E-state index is -0.245. The molecule has 4 unspecified atom stereocenters. The fraction of sp³-hybridized carbons (Fsp3) is 0.409. The molecule has 2 amide bonds. The summed E-state index contributed by atoms with van der Waals surface area (Å²) in [5.41, 5.74) is 1.65. The highest BCUT2D eigenvalue weighted by molar-refractivity contribution is 6.06. The van der Waals surface area contributed by atoms with E-state index >= 15 is 0 Å². The second kappa shape index (κ2) is 7.26. The molecule has 1 saturated heterocycles. The Morgan fingerprint density at radius 3 is 2.46 bits per heavy atom. The highest BCUT2D eigenvalue weighted by Gasteiger charge is 2.59. The number of carbonyl (C=O) groups excluding carboxylic acids is 2. The van der Waals surface area contributed by atoms with E-state index in [1.165, 1.54) is 6.21 Å². The largest absolute Gasteiger partial charge is 0.493 e. The van der Waals surface area contributed by atoms with Crippen LogP contribution in [0.5, 0.6) is 11.5 Å². The Morgan fingerprint density at radius 1 is 1.21 bits per heavy atom. The molecule has 1 aliphatic heterocycles. The summed E-state index contributed by atoms with van der Waals surface area (Å²) < 4.78 is 11.2. The molecule has 6 heteroatoms. The van der Waals surface area contributed by atoms with Gasteiger partial charge in [-0.2, -0.15) is 10.1 Å². The minimum Gasteiger partial charge on any atom is -0.493 e. The zero-order chi connectivity index (χ0) is 19.8. The average Bonchev–Trinajstić information content (AvgIpc) is 3.36. The molecule has 1 aromatic rings. The molecule has 4 rings (SSSR count). The second-order valence-corrected chi connectivity index (χ2v) is 7.37. The van der Waals surface area contributed by atoms with Gasteiger partial charge in [0.1, 0.15) is 0 Å². The quantitative estimate of drug-likeness (QED) is 0.414. The van der Waals surface area contributed by atoms with Gasteiger partial charge in [-0.05, 0) is 49.3 Å². The highest BCUT2D eigenvalue weighted by atomic mass is 16.5. The molecular formula is C22H24N2O4. The summed E-state index contributed by atoms with van der Waals surface area (Å²) in [5.74, 6) is 0.748. The molecule has 1 saturated carbocycles. The predicted octanol–water partition coefficient (Wildman–Crippen LogP) is 2.96. The SMILES string of the molecule is C=CCc1cc(C=NN2C(=O)C3C4C=CC(C4)C3C2=O)cc(OC)c1OCC. The standard InChI is InChI=1S/C22H24N2O4/c1-4-6-16-9-13(10-17(27-3)20(16)28-5-2)12-23-24-21(25)18-14-7-8-15(11-14)19(18)22(24)26/h4,7-10,12,14-15,18-19H,1,5-6,11H2,2-3H3. The van der Waals surface area contributed by atoms with Crippen LogP contribution in [0, 0.1) is 23.7 Å². The second-order valence-electron chi connectivity index (χ2n) is 7.37. The summed E-state index contributed by atoms with van der Waals surface area (Å²) >= 11 is 0. The van der Waals surface area contributed by atoms with E-state index in [9.17, 15) is 9.59 Å². The lowest BCUT2D eigenvalue weighted by atomic mass is 9.85. The molecule has 28 heavy (non-hydrogen) atoms. The lowest BCUT2D eigenvalue weighted by Gasteiger charge is -2.15. The fourth-order valence-corrected chi connectivity index (χ4v) is 4.65. The first-order valence-electron chi connectivity index (χ1n) is 9.63. The van der Waals surface area contributed by atoms with Crippen molar-refractivity contribution in [1.82, 2.24) is 5.01 Å². The van der Waals surface area contributed by atoms with Gasteiger partial charge in [-0.1, -0.05) is 18.2 Å². The number of imide groups is 1. The van der Waals surface area contributed by atoms with E-state index in [1.54, 1.807) is 19.3 Å². The molecule has 1 heterocycles. The van der Waals surface area contributed by atoms with Gasteiger partial charge in [-0.15, -0.1) is 6.58 Å². The Morgan fingerprint density at radius 2 is 1.89 bits per heavy atom. The number of methoxy groups -OCH3 is 1. The van der Waals surface area contributed by atoms with Crippen LogP contribution in [0.4, 0.5) is 0 Å². The first-order valence-corrected chi connectivity index (χ1v) is 9.63. The summed E-state index contributed by atoms with van der Waals surface area (Å²) in [5, 5.41) is 5.30. The van der Waals surface area contributed by atoms with Crippen LogP contribution in [0.25, 0.3) is 0 Å². The van der Waals surface area contributed by atoms with Crippen molar-refractivity contribution in [2.45, 2.75) is 19.8 Å². The number of nitrogens with zero attached hydrogens (tertiary/aromatic N) is 2. The van der Waals surface area contributed by atoms with Crippen molar-refractivity contribution in [3.8, 4) is 11.5 Å². The van der Waals surface area contributed by atoms with E-state index in [1.807, 2.05) is 13.0 Å². The number of benzene rings is 1. The van der Waals surface area contributed by atoms with E-state index in [2.05, 4.69) is 23.8 Å². The highest BCUT2D eigenvalue weighted by Crippen LogP contribution is 2.52. The van der Waals surface area contributed by atoms with Crippen molar-refractivity contribution in [3.63, 3.8) is 0 Å². The Balaban J connectivity index is 1.61. The van der Waals surface area contributed by atoms with Gasteiger partial charge in [0.2, 0.25) is 0 Å². The fourth-order valence-electron chi connectivity index (χ4n) is 4.65. The van der Waals surface area contributed by atoms with Crippen LogP contribution in [0.2, 0.25) is 0 Å². The first kappa shape index (κ1) is 18.5. The molecule has 2 fully saturated rings. The number of rotatable bonds is 7. The van der Waals surface area contributed by atoms with Crippen LogP contribution in [0.15, 0.2) is 42.0 Å². The summed E-state index contributed by atoms with van der Waals surface area (Å²) in [7, 11) is 1.58. The van der Waals surface area contributed by atoms with Crippen molar-refractivity contribution in [1.29, 1.82) is 0 Å². The van der Waals surface area contributed by atoms with Gasteiger partial charge in [0.15, 0.2) is 11.5 Å². The van der Waals surface area contributed by atoms with E-state index in [0.29, 0.717) is 24.5 Å². The van der Waals surface area contributed by atoms with Crippen molar-refractivity contribution in [2.24, 2.45) is 28.8 Å². The van der Waals surface area contributed by atoms with Gasteiger partial charge < -0.3 is 9.47 Å². The Bertz CT molecular complexity index is 859. The topological polar surface area (TPSA) is 68.2 Å². The molecule has 0 N–H and O–H groups in total. The summed E-state index contributed by atoms with van der Waals surface area (Å²) in [6, 6.07) is 3.70. The molecule has 2 aliphatic carbocycles. The number of hydrogen-bond acceptors (Lipinski definition) is 5. The van der Waals surface area contributed by atoms with Crippen molar-refractivity contribution in [2.75, 3.05) is 13.7 Å². The van der Waals surface area contributed by atoms with Crippen LogP contribution in [-0.2, 0) is 16.0 Å². The molecule has 3 aliphatic rings. The zero-order valence-electron chi connectivity index (χ0n) is 16.1. The molecule has 4 atom stereocenters. The monoisotopic (exact) mass is 380 g/mol. The third-order valence-corrected chi connectivity index (χ3v) is 5.80. The van der Waals surface area contributed by atoms with E-state index < -0.39 is 0 Å². The number of amides is 2. The van der Waals surface area contributed by atoms with Gasteiger partial charge in [0.25, 0.3) is 11.8 Å². The first-order chi connectivity index (χ1) is 13.6. The van der Waals surface area contributed by atoms with E-state index in [4.69, 9.17) is 9.47 Å². The number of hydrazone groups is 1. The lowest BCUT2D eigenvalue weighted by molar-refractivity contribution is -0.140. The number of carbonyl (C=O) groups is 2. The van der Waals surface area contributed by atoms with Crippen LogP contribution in [-0.4, -0.2) is 36.8 Å². The summed E-state index contributed by atoms with van der Waals surface area (Å²) in [6.45, 7) is 6.22. The molecule has 0 aromatic heterocycles. The number of hydrogen-bond donors (Lipinski definition) is 0. The Kier molecular flexibility index (Phi) is 4.79. The Hall–Kier alpha value is -2.89. The van der Waals surface area contributed by atoms with Crippen molar-refractivity contribution < 1.29 is 19.1 Å².